The predicted octanol–water partition coefficient (Wildman–Crippen LogP) is 3.41. The molecule has 13 nitrogen and oxygen atoms in total. The zero-order valence-electron chi connectivity index (χ0n) is 24.6. The van der Waals surface area contributed by atoms with Gasteiger partial charge in [-0.2, -0.15) is 9.97 Å². The molecule has 234 valence electrons. The van der Waals surface area contributed by atoms with Crippen LogP contribution in [0.25, 0.3) is 11.2 Å². The summed E-state index contributed by atoms with van der Waals surface area (Å²) in [6, 6.07) is 5.16. The van der Waals surface area contributed by atoms with Crippen molar-refractivity contribution >= 4 is 52.1 Å². The zero-order valence-corrected chi connectivity index (χ0v) is 26.1. The Kier molecular flexibility index (Phi) is 7.84. The van der Waals surface area contributed by atoms with Crippen molar-refractivity contribution in [2.45, 2.75) is 67.6 Å². The number of aromatic hydroxyl groups is 1. The highest BCUT2D eigenvalue weighted by Gasteiger charge is 2.47. The molecule has 2 fully saturated rings. The summed E-state index contributed by atoms with van der Waals surface area (Å²) in [5.41, 5.74) is 6.79. The molecule has 7 rings (SSSR count). The molecule has 0 saturated carbocycles. The quantitative estimate of drug-likeness (QED) is 0.288. The second-order valence-electron chi connectivity index (χ2n) is 11.8. The summed E-state index contributed by atoms with van der Waals surface area (Å²) >= 11 is 7.94. The summed E-state index contributed by atoms with van der Waals surface area (Å²) in [7, 11) is 0. The number of nitrogens with one attached hydrogen (secondary N) is 1. The first kappa shape index (κ1) is 29.8. The van der Waals surface area contributed by atoms with Gasteiger partial charge in [0.2, 0.25) is 11.8 Å². The monoisotopic (exact) mass is 649 g/mol. The van der Waals surface area contributed by atoms with Crippen LogP contribution in [0.4, 0.5) is 11.6 Å². The minimum atomic E-state index is -0.786. The fraction of sp³-hybridized carbons (Fsp3) is 0.433. The number of aromatic nitrogens is 6. The third-order valence-corrected chi connectivity index (χ3v) is 10.6. The first-order valence-electron chi connectivity index (χ1n) is 14.9. The Morgan fingerprint density at radius 2 is 1.98 bits per heavy atom. The molecule has 45 heavy (non-hydrogen) atoms. The van der Waals surface area contributed by atoms with Crippen LogP contribution in [0.5, 0.6) is 5.88 Å². The van der Waals surface area contributed by atoms with Crippen LogP contribution >= 0.6 is 23.4 Å². The molecular weight excluding hydrogens is 618 g/mol. The average molecular weight is 650 g/mol. The van der Waals surface area contributed by atoms with Gasteiger partial charge in [-0.15, -0.1) is 0 Å². The molecule has 4 aromatic rings. The lowest BCUT2D eigenvalue weighted by molar-refractivity contribution is 0.0973. The summed E-state index contributed by atoms with van der Waals surface area (Å²) in [6.45, 7) is 4.77. The molecule has 1 aromatic carbocycles. The van der Waals surface area contributed by atoms with Gasteiger partial charge < -0.3 is 25.8 Å². The Labute approximate surface area is 267 Å². The lowest BCUT2D eigenvalue weighted by Crippen LogP contribution is -2.50. The third-order valence-electron chi connectivity index (χ3n) is 9.07. The van der Waals surface area contributed by atoms with Crippen LogP contribution in [-0.2, 0) is 17.7 Å². The van der Waals surface area contributed by atoms with E-state index in [2.05, 4.69) is 35.1 Å². The molecule has 0 radical (unpaired) electrons. The topological polar surface area (TPSA) is 174 Å². The van der Waals surface area contributed by atoms with E-state index in [9.17, 15) is 14.7 Å². The summed E-state index contributed by atoms with van der Waals surface area (Å²) < 4.78 is 7.28. The molecule has 3 aliphatic heterocycles. The van der Waals surface area contributed by atoms with Gasteiger partial charge in [-0.1, -0.05) is 29.4 Å². The third kappa shape index (κ3) is 5.49. The Bertz CT molecular complexity index is 1860. The molecule has 1 amide bonds. The number of halogens is 1. The molecule has 0 aliphatic carbocycles. The zero-order chi connectivity index (χ0) is 31.3. The van der Waals surface area contributed by atoms with Crippen molar-refractivity contribution in [3.8, 4) is 5.88 Å². The van der Waals surface area contributed by atoms with Crippen LogP contribution in [0.2, 0.25) is 5.02 Å². The number of nitrogens with two attached hydrogens (primary N) is 1. The maximum Gasteiger partial charge on any atom is 0.270 e. The lowest BCUT2D eigenvalue weighted by Gasteiger charge is -2.41. The highest BCUT2D eigenvalue weighted by molar-refractivity contribution is 7.99. The molecule has 1 spiro atoms. The lowest BCUT2D eigenvalue weighted by atomic mass is 9.73. The van der Waals surface area contributed by atoms with E-state index in [1.165, 1.54) is 16.3 Å². The van der Waals surface area contributed by atoms with E-state index in [1.54, 1.807) is 30.6 Å². The highest BCUT2D eigenvalue weighted by Crippen LogP contribution is 2.42. The molecule has 3 aromatic heterocycles. The molecule has 0 unspecified atom stereocenters. The maximum atomic E-state index is 13.1. The van der Waals surface area contributed by atoms with Gasteiger partial charge in [-0.25, -0.2) is 15.0 Å². The van der Waals surface area contributed by atoms with Crippen LogP contribution in [0.15, 0.2) is 45.3 Å². The molecule has 6 heterocycles. The molecule has 2 saturated heterocycles. The Hall–Kier alpha value is -3.85. The summed E-state index contributed by atoms with van der Waals surface area (Å²) in [4.78, 5) is 51.4. The van der Waals surface area contributed by atoms with E-state index in [1.807, 2.05) is 6.92 Å². The molecule has 4 N–H and O–H groups in total. The highest BCUT2D eigenvalue weighted by atomic mass is 35.5. The number of rotatable bonds is 5. The van der Waals surface area contributed by atoms with Crippen molar-refractivity contribution in [2.24, 2.45) is 11.1 Å². The van der Waals surface area contributed by atoms with E-state index in [0.717, 1.165) is 38.8 Å². The Morgan fingerprint density at radius 1 is 1.16 bits per heavy atom. The fourth-order valence-corrected chi connectivity index (χ4v) is 7.47. The van der Waals surface area contributed by atoms with Gasteiger partial charge in [-0.3, -0.25) is 14.2 Å². The van der Waals surface area contributed by atoms with E-state index in [-0.39, 0.29) is 28.3 Å². The van der Waals surface area contributed by atoms with Crippen LogP contribution in [0, 0.1) is 5.41 Å². The van der Waals surface area contributed by atoms with E-state index >= 15 is 0 Å². The second-order valence-corrected chi connectivity index (χ2v) is 13.2. The van der Waals surface area contributed by atoms with Gasteiger partial charge >= 0.3 is 0 Å². The summed E-state index contributed by atoms with van der Waals surface area (Å²) in [5.74, 6) is -0.283. The first-order chi connectivity index (χ1) is 21.7. The molecule has 0 bridgehead atoms. The van der Waals surface area contributed by atoms with Crippen molar-refractivity contribution in [3.63, 3.8) is 0 Å². The fourth-order valence-electron chi connectivity index (χ4n) is 6.36. The average Bonchev–Trinajstić information content (AvgIpc) is 3.31. The number of aryl methyl sites for hydroxylation is 1. The smallest absolute Gasteiger partial charge is 0.270 e. The largest absolute Gasteiger partial charge is 0.493 e. The first-order valence-corrected chi connectivity index (χ1v) is 16.1. The molecule has 2 atom stereocenters. The van der Waals surface area contributed by atoms with Crippen LogP contribution in [0.3, 0.4) is 0 Å². The Balaban J connectivity index is 1.05. The van der Waals surface area contributed by atoms with Gasteiger partial charge in [0, 0.05) is 42.4 Å². The number of fused-ring (bicyclic) bond motifs is 2. The number of nitrogens with zero attached hydrogens (tertiary/aromatic N) is 7. The van der Waals surface area contributed by atoms with Crippen molar-refractivity contribution in [3.05, 3.63) is 57.4 Å². The van der Waals surface area contributed by atoms with Gasteiger partial charge in [-0.05, 0) is 44.7 Å². The van der Waals surface area contributed by atoms with Crippen LogP contribution in [0.1, 0.15) is 48.8 Å². The van der Waals surface area contributed by atoms with Gasteiger partial charge in [0.25, 0.3) is 11.5 Å². The number of ether oxygens (including phenoxy) is 1. The molecule has 3 aliphatic rings. The number of anilines is 2. The standard InChI is InChI=1S/C30H32ClN9O4S/c1-16-24(32)30(15-44-16)8-11-39(12-9-30)29-34-13-18-25(38-29)33-14-21(35-18)45-19-6-4-5-17(23(19)31)36-26(41)22-27(42)37-20-7-2-3-10-40(20)28(22)43/h4-6,13-14,16,24,42H,2-3,7-12,15,32H2,1H3,(H,36,41)/t16-,24+/m0/s1. The SMILES string of the molecule is C[C@@H]1OCC2(CCN(c3ncc4nc(Sc5cccc(NC(=O)c6c(O)nc7n(c6=O)CCCC7)c5Cl)cnc4n3)CC2)[C@@H]1N. The minimum absolute atomic E-state index is 0.0120. The van der Waals surface area contributed by atoms with E-state index in [4.69, 9.17) is 22.1 Å². The molecular formula is C30H32ClN9O4S. The minimum Gasteiger partial charge on any atom is -0.493 e. The number of carbonyl (C=O) groups is 1. The van der Waals surface area contributed by atoms with Gasteiger partial charge in [0.15, 0.2) is 11.2 Å². The number of hydrogen-bond acceptors (Lipinski definition) is 12. The maximum absolute atomic E-state index is 13.1. The number of benzene rings is 1. The number of piperidine rings is 1. The second kappa shape index (κ2) is 11.8. The normalized spacial score (nSPS) is 20.8. The van der Waals surface area contributed by atoms with Crippen LogP contribution in [-0.4, -0.2) is 72.3 Å². The number of carbonyl (C=O) groups excluding carboxylic acids is 1. The molecule has 15 heteroatoms. The predicted molar refractivity (Wildman–Crippen MR) is 169 cm³/mol. The van der Waals surface area contributed by atoms with E-state index < -0.39 is 22.9 Å². The summed E-state index contributed by atoms with van der Waals surface area (Å²) in [6.07, 6.45) is 7.45. The van der Waals surface area contributed by atoms with Crippen molar-refractivity contribution in [1.82, 2.24) is 29.5 Å². The van der Waals surface area contributed by atoms with Gasteiger partial charge in [0.05, 0.1) is 35.8 Å². The van der Waals surface area contributed by atoms with Crippen LogP contribution < -0.4 is 21.5 Å². The van der Waals surface area contributed by atoms with E-state index in [0.29, 0.717) is 52.4 Å². The summed E-state index contributed by atoms with van der Waals surface area (Å²) in [5, 5.41) is 13.9. The van der Waals surface area contributed by atoms with Gasteiger partial charge in [0.1, 0.15) is 16.4 Å². The number of hydrogen-bond donors (Lipinski definition) is 3. The Morgan fingerprint density at radius 3 is 2.76 bits per heavy atom. The van der Waals surface area contributed by atoms with Crippen molar-refractivity contribution < 1.29 is 14.6 Å². The van der Waals surface area contributed by atoms with Crippen molar-refractivity contribution in [1.29, 1.82) is 0 Å². The van der Waals surface area contributed by atoms with Crippen molar-refractivity contribution in [2.75, 3.05) is 29.9 Å². The number of amides is 1.